The summed E-state index contributed by atoms with van der Waals surface area (Å²) in [7, 11) is 10.0. The molecule has 0 saturated heterocycles. The molecule has 0 atom stereocenters. The van der Waals surface area contributed by atoms with Crippen LogP contribution in [0.15, 0.2) is 57.5 Å². The van der Waals surface area contributed by atoms with E-state index in [0.717, 1.165) is 74.3 Å². The van der Waals surface area contributed by atoms with Crippen molar-refractivity contribution >= 4 is 85.7 Å². The summed E-state index contributed by atoms with van der Waals surface area (Å²) >= 11 is 7.44. The highest BCUT2D eigenvalue weighted by Crippen LogP contribution is 2.52. The molecule has 0 radical (unpaired) electrons. The fourth-order valence-electron chi connectivity index (χ4n) is 5.87. The Kier molecular flexibility index (Phi) is 6.71. The number of fused-ring (bicyclic) bond motifs is 9. The number of benzene rings is 6. The zero-order valence-electron chi connectivity index (χ0n) is 22.8. The fraction of sp³-hybridized carbons (Fsp3) is 0.188. The first-order valence-corrected chi connectivity index (χ1v) is 14.0. The number of ether oxygens (including phenoxy) is 6. The van der Waals surface area contributed by atoms with E-state index in [1.807, 2.05) is 24.3 Å². The topological polar surface area (TPSA) is 55.4 Å². The third-order valence-electron chi connectivity index (χ3n) is 7.53. The van der Waals surface area contributed by atoms with Gasteiger partial charge in [0.2, 0.25) is 0 Å². The van der Waals surface area contributed by atoms with E-state index in [1.165, 1.54) is 0 Å². The maximum Gasteiger partial charge on any atom is 0.141 e. The zero-order valence-corrected chi connectivity index (χ0v) is 26.0. The van der Waals surface area contributed by atoms with Crippen LogP contribution < -0.4 is 28.4 Å². The Morgan fingerprint density at radius 1 is 0.400 bits per heavy atom. The minimum atomic E-state index is 0.699. The van der Waals surface area contributed by atoms with Crippen LogP contribution in [0.1, 0.15) is 0 Å². The highest BCUT2D eigenvalue weighted by molar-refractivity contribution is 9.11. The summed E-state index contributed by atoms with van der Waals surface area (Å²) in [5.41, 5.74) is 0. The first kappa shape index (κ1) is 26.6. The Morgan fingerprint density at radius 3 is 1.12 bits per heavy atom. The van der Waals surface area contributed by atoms with Crippen molar-refractivity contribution in [3.8, 4) is 34.5 Å². The van der Waals surface area contributed by atoms with Crippen LogP contribution in [-0.4, -0.2) is 42.7 Å². The molecule has 0 aliphatic carbocycles. The van der Waals surface area contributed by atoms with Gasteiger partial charge in [0.15, 0.2) is 0 Å². The third kappa shape index (κ3) is 3.65. The number of rotatable bonds is 6. The second kappa shape index (κ2) is 10.1. The van der Waals surface area contributed by atoms with Gasteiger partial charge in [-0.1, -0.05) is 12.1 Å². The molecule has 0 aromatic heterocycles. The smallest absolute Gasteiger partial charge is 0.141 e. The van der Waals surface area contributed by atoms with Crippen molar-refractivity contribution < 1.29 is 28.4 Å². The normalized spacial score (nSPS) is 11.5. The van der Waals surface area contributed by atoms with Crippen molar-refractivity contribution in [1.29, 1.82) is 0 Å². The quantitative estimate of drug-likeness (QED) is 0.166. The van der Waals surface area contributed by atoms with Crippen molar-refractivity contribution in [3.05, 3.63) is 57.5 Å². The van der Waals surface area contributed by atoms with E-state index >= 15 is 0 Å². The maximum absolute atomic E-state index is 6.01. The van der Waals surface area contributed by atoms with Gasteiger partial charge in [0.1, 0.15) is 34.5 Å². The highest BCUT2D eigenvalue weighted by atomic mass is 79.9. The van der Waals surface area contributed by atoms with Crippen LogP contribution in [0.4, 0.5) is 0 Å². The molecule has 6 nitrogen and oxygen atoms in total. The maximum atomic E-state index is 6.01. The van der Waals surface area contributed by atoms with E-state index in [2.05, 4.69) is 56.1 Å². The molecule has 0 unspecified atom stereocenters. The molecule has 0 amide bonds. The standard InChI is InChI=1S/C32H26Br2O6/c1-35-22-11-18-24(37-3)13-20(33)31(39-5)29(18)27-16(22)9-7-15-8-10-17-23(36-2)12-19-25(38-4)14-21(34)32(40-6)30(19)28(17)26(15)27/h7-14H,1-6H3. The molecule has 0 aliphatic rings. The lowest BCUT2D eigenvalue weighted by Gasteiger charge is -2.21. The Morgan fingerprint density at radius 2 is 0.775 bits per heavy atom. The minimum Gasteiger partial charge on any atom is -0.496 e. The van der Waals surface area contributed by atoms with E-state index in [9.17, 15) is 0 Å². The molecule has 8 heteroatoms. The molecular weight excluding hydrogens is 640 g/mol. The van der Waals surface area contributed by atoms with E-state index in [0.29, 0.717) is 23.0 Å². The SMILES string of the molecule is COc1cc(Br)c(OC)c2c1cc(OC)c1ccc3ccc4c(OC)cc5c(OC)cc(Br)c(OC)c5c4c3c12. The summed E-state index contributed by atoms with van der Waals surface area (Å²) < 4.78 is 37.2. The molecule has 6 aromatic carbocycles. The fourth-order valence-corrected chi connectivity index (χ4v) is 7.01. The largest absolute Gasteiger partial charge is 0.496 e. The first-order valence-electron chi connectivity index (χ1n) is 12.4. The van der Waals surface area contributed by atoms with Gasteiger partial charge in [-0.15, -0.1) is 0 Å². The second-order valence-electron chi connectivity index (χ2n) is 9.26. The minimum absolute atomic E-state index is 0.699. The van der Waals surface area contributed by atoms with Gasteiger partial charge >= 0.3 is 0 Å². The Hall–Kier alpha value is -3.62. The van der Waals surface area contributed by atoms with Crippen LogP contribution >= 0.6 is 31.9 Å². The van der Waals surface area contributed by atoms with Gasteiger partial charge < -0.3 is 28.4 Å². The van der Waals surface area contributed by atoms with Crippen LogP contribution in [0, 0.1) is 0 Å². The van der Waals surface area contributed by atoms with Crippen molar-refractivity contribution in [3.63, 3.8) is 0 Å². The van der Waals surface area contributed by atoms with Gasteiger partial charge in [0, 0.05) is 43.1 Å². The highest BCUT2D eigenvalue weighted by Gasteiger charge is 2.24. The molecule has 40 heavy (non-hydrogen) atoms. The predicted octanol–water partition coefficient (Wildman–Crippen LogP) is 9.03. The first-order chi connectivity index (χ1) is 19.4. The summed E-state index contributed by atoms with van der Waals surface area (Å²) in [5.74, 6) is 4.25. The summed E-state index contributed by atoms with van der Waals surface area (Å²) in [4.78, 5) is 0. The lowest BCUT2D eigenvalue weighted by atomic mass is 9.89. The van der Waals surface area contributed by atoms with Crippen molar-refractivity contribution in [2.75, 3.05) is 42.7 Å². The van der Waals surface area contributed by atoms with E-state index < -0.39 is 0 Å². The second-order valence-corrected chi connectivity index (χ2v) is 11.0. The molecule has 0 aliphatic heterocycles. The van der Waals surface area contributed by atoms with Gasteiger partial charge in [-0.3, -0.25) is 0 Å². The average molecular weight is 666 g/mol. The Labute approximate surface area is 247 Å². The molecular formula is C32H26Br2O6. The van der Waals surface area contributed by atoms with Crippen molar-refractivity contribution in [1.82, 2.24) is 0 Å². The molecule has 0 saturated carbocycles. The molecule has 204 valence electrons. The van der Waals surface area contributed by atoms with Crippen LogP contribution in [0.5, 0.6) is 34.5 Å². The average Bonchev–Trinajstić information content (AvgIpc) is 2.98. The molecule has 6 rings (SSSR count). The van der Waals surface area contributed by atoms with Gasteiger partial charge in [0.25, 0.3) is 0 Å². The predicted molar refractivity (Wildman–Crippen MR) is 169 cm³/mol. The molecule has 0 spiro atoms. The number of hydrogen-bond acceptors (Lipinski definition) is 6. The van der Waals surface area contributed by atoms with E-state index in [4.69, 9.17) is 28.4 Å². The monoisotopic (exact) mass is 664 g/mol. The summed E-state index contributed by atoms with van der Waals surface area (Å²) in [5, 5.41) is 9.37. The van der Waals surface area contributed by atoms with E-state index in [-0.39, 0.29) is 0 Å². The van der Waals surface area contributed by atoms with Gasteiger partial charge in [-0.25, -0.2) is 0 Å². The Bertz CT molecular complexity index is 1860. The van der Waals surface area contributed by atoms with Crippen LogP contribution in [0.25, 0.3) is 53.9 Å². The molecule has 0 bridgehead atoms. The van der Waals surface area contributed by atoms with Gasteiger partial charge in [-0.2, -0.15) is 0 Å². The Balaban J connectivity index is 2.08. The van der Waals surface area contributed by atoms with Crippen LogP contribution in [0.3, 0.4) is 0 Å². The summed E-state index contributed by atoms with van der Waals surface area (Å²) in [6, 6.07) is 16.2. The van der Waals surface area contributed by atoms with Crippen molar-refractivity contribution in [2.45, 2.75) is 0 Å². The van der Waals surface area contributed by atoms with Gasteiger partial charge in [0.05, 0.1) is 51.6 Å². The number of halogens is 2. The lowest BCUT2D eigenvalue weighted by Crippen LogP contribution is -1.97. The molecule has 0 fully saturated rings. The van der Waals surface area contributed by atoms with Gasteiger partial charge in [-0.05, 0) is 79.0 Å². The van der Waals surface area contributed by atoms with Crippen LogP contribution in [0.2, 0.25) is 0 Å². The van der Waals surface area contributed by atoms with Crippen molar-refractivity contribution in [2.24, 2.45) is 0 Å². The molecule has 6 aromatic rings. The third-order valence-corrected chi connectivity index (χ3v) is 8.71. The zero-order chi connectivity index (χ0) is 28.3. The summed E-state index contributed by atoms with van der Waals surface area (Å²) in [6.45, 7) is 0. The lowest BCUT2D eigenvalue weighted by molar-refractivity contribution is 0.407. The number of methoxy groups -OCH3 is 6. The molecule has 0 heterocycles. The summed E-state index contributed by atoms with van der Waals surface area (Å²) in [6.07, 6.45) is 0. The number of hydrogen-bond donors (Lipinski definition) is 0. The van der Waals surface area contributed by atoms with Crippen LogP contribution in [-0.2, 0) is 0 Å². The van der Waals surface area contributed by atoms with E-state index in [1.54, 1.807) is 42.7 Å². The molecule has 0 N–H and O–H groups in total.